The van der Waals surface area contributed by atoms with Crippen molar-refractivity contribution in [2.45, 2.75) is 33.4 Å². The van der Waals surface area contributed by atoms with Crippen molar-refractivity contribution in [3.8, 4) is 5.75 Å². The second-order valence-corrected chi connectivity index (χ2v) is 4.65. The van der Waals surface area contributed by atoms with Crippen molar-refractivity contribution in [2.75, 3.05) is 7.11 Å². The van der Waals surface area contributed by atoms with Crippen molar-refractivity contribution >= 4 is 10.9 Å². The highest BCUT2D eigenvalue weighted by molar-refractivity contribution is 5.89. The number of hydrogen-bond acceptors (Lipinski definition) is 2. The van der Waals surface area contributed by atoms with Gasteiger partial charge in [-0.1, -0.05) is 26.0 Å². The molecule has 2 N–H and O–H groups in total. The summed E-state index contributed by atoms with van der Waals surface area (Å²) in [7, 11) is 1.71. The number of aromatic nitrogens is 1. The number of fused-ring (bicyclic) bond motifs is 1. The van der Waals surface area contributed by atoms with E-state index in [2.05, 4.69) is 37.1 Å². The molecule has 1 aromatic heterocycles. The summed E-state index contributed by atoms with van der Waals surface area (Å²) < 4.78 is 5.37. The van der Waals surface area contributed by atoms with Crippen LogP contribution in [0.3, 0.4) is 0 Å². The maximum absolute atomic E-state index is 5.37. The number of hydrogen-bond donors (Lipinski definition) is 2. The zero-order valence-electron chi connectivity index (χ0n) is 10.9. The summed E-state index contributed by atoms with van der Waals surface area (Å²) in [4.78, 5) is 3.41. The van der Waals surface area contributed by atoms with Gasteiger partial charge in [-0.05, 0) is 18.6 Å². The molecule has 92 valence electrons. The maximum atomic E-state index is 5.37. The van der Waals surface area contributed by atoms with E-state index in [9.17, 15) is 0 Å². The van der Waals surface area contributed by atoms with Crippen molar-refractivity contribution in [3.05, 3.63) is 29.5 Å². The molecule has 0 aliphatic heterocycles. The Morgan fingerprint density at radius 3 is 2.76 bits per heavy atom. The summed E-state index contributed by atoms with van der Waals surface area (Å²) in [6.07, 6.45) is 0. The maximum Gasteiger partial charge on any atom is 0.142 e. The Kier molecular flexibility index (Phi) is 3.38. The zero-order valence-corrected chi connectivity index (χ0v) is 10.9. The van der Waals surface area contributed by atoms with Gasteiger partial charge in [-0.2, -0.15) is 0 Å². The molecule has 0 fully saturated rings. The Hall–Kier alpha value is -1.48. The molecule has 0 bridgehead atoms. The highest BCUT2D eigenvalue weighted by Crippen LogP contribution is 2.29. The van der Waals surface area contributed by atoms with Crippen molar-refractivity contribution in [1.29, 1.82) is 0 Å². The molecule has 2 rings (SSSR count). The lowest BCUT2D eigenvalue weighted by Crippen LogP contribution is -2.22. The van der Waals surface area contributed by atoms with E-state index in [1.54, 1.807) is 7.11 Å². The first-order valence-electron chi connectivity index (χ1n) is 6.01. The first kappa shape index (κ1) is 12.0. The number of aryl methyl sites for hydroxylation is 1. The van der Waals surface area contributed by atoms with Gasteiger partial charge >= 0.3 is 0 Å². The molecule has 0 unspecified atom stereocenters. The van der Waals surface area contributed by atoms with Crippen molar-refractivity contribution in [1.82, 2.24) is 10.3 Å². The summed E-state index contributed by atoms with van der Waals surface area (Å²) >= 11 is 0. The molecule has 3 nitrogen and oxygen atoms in total. The monoisotopic (exact) mass is 232 g/mol. The van der Waals surface area contributed by atoms with Crippen LogP contribution in [0.5, 0.6) is 5.75 Å². The fourth-order valence-corrected chi connectivity index (χ4v) is 2.08. The summed E-state index contributed by atoms with van der Waals surface area (Å²) in [5, 5.41) is 4.70. The second-order valence-electron chi connectivity index (χ2n) is 4.65. The predicted molar refractivity (Wildman–Crippen MR) is 71.6 cm³/mol. The molecule has 0 aliphatic rings. The van der Waals surface area contributed by atoms with Gasteiger partial charge < -0.3 is 15.0 Å². The van der Waals surface area contributed by atoms with Crippen molar-refractivity contribution in [2.24, 2.45) is 0 Å². The van der Waals surface area contributed by atoms with E-state index in [0.717, 1.165) is 17.8 Å². The SMILES string of the molecule is COc1cccc2c(CNC(C)C)c(C)[nH]c12. The Bertz CT molecular complexity index is 514. The standard InChI is InChI=1S/C14H20N2O/c1-9(2)15-8-12-10(3)16-14-11(12)6-5-7-13(14)17-4/h5-7,9,15-16H,8H2,1-4H3. The zero-order chi connectivity index (χ0) is 12.4. The van der Waals surface area contributed by atoms with E-state index in [-0.39, 0.29) is 0 Å². The molecule has 0 saturated heterocycles. The Morgan fingerprint density at radius 2 is 2.12 bits per heavy atom. The van der Waals surface area contributed by atoms with Gasteiger partial charge in [-0.3, -0.25) is 0 Å². The normalized spacial score (nSPS) is 11.4. The van der Waals surface area contributed by atoms with Crippen LogP contribution in [0.2, 0.25) is 0 Å². The summed E-state index contributed by atoms with van der Waals surface area (Å²) in [6, 6.07) is 6.65. The van der Waals surface area contributed by atoms with E-state index >= 15 is 0 Å². The first-order valence-corrected chi connectivity index (χ1v) is 6.01. The fourth-order valence-electron chi connectivity index (χ4n) is 2.08. The molecule has 1 aromatic carbocycles. The van der Waals surface area contributed by atoms with Crippen LogP contribution in [0.4, 0.5) is 0 Å². The summed E-state index contributed by atoms with van der Waals surface area (Å²) in [5.41, 5.74) is 3.62. The van der Waals surface area contributed by atoms with Crippen LogP contribution in [-0.4, -0.2) is 18.1 Å². The lowest BCUT2D eigenvalue weighted by molar-refractivity contribution is 0.419. The average molecular weight is 232 g/mol. The molecule has 0 spiro atoms. The van der Waals surface area contributed by atoms with Gasteiger partial charge in [0.2, 0.25) is 0 Å². The topological polar surface area (TPSA) is 37.0 Å². The largest absolute Gasteiger partial charge is 0.495 e. The highest BCUT2D eigenvalue weighted by atomic mass is 16.5. The molecule has 0 amide bonds. The lowest BCUT2D eigenvalue weighted by Gasteiger charge is -2.08. The summed E-state index contributed by atoms with van der Waals surface area (Å²) in [6.45, 7) is 7.31. The third-order valence-electron chi connectivity index (χ3n) is 3.02. The Balaban J connectivity index is 2.45. The van der Waals surface area contributed by atoms with Crippen LogP contribution in [-0.2, 0) is 6.54 Å². The molecular formula is C14H20N2O. The highest BCUT2D eigenvalue weighted by Gasteiger charge is 2.11. The number of H-pyrrole nitrogens is 1. The Labute approximate surface area is 102 Å². The minimum Gasteiger partial charge on any atom is -0.495 e. The molecule has 1 heterocycles. The number of methoxy groups -OCH3 is 1. The lowest BCUT2D eigenvalue weighted by atomic mass is 10.1. The van der Waals surface area contributed by atoms with E-state index in [1.165, 1.54) is 16.6 Å². The van der Waals surface area contributed by atoms with Crippen LogP contribution >= 0.6 is 0 Å². The second kappa shape index (κ2) is 4.80. The molecule has 17 heavy (non-hydrogen) atoms. The van der Waals surface area contributed by atoms with E-state index in [0.29, 0.717) is 6.04 Å². The van der Waals surface area contributed by atoms with Crippen LogP contribution in [0, 0.1) is 6.92 Å². The molecule has 0 saturated carbocycles. The van der Waals surface area contributed by atoms with Gasteiger partial charge in [-0.15, -0.1) is 0 Å². The number of benzene rings is 1. The quantitative estimate of drug-likeness (QED) is 0.850. The van der Waals surface area contributed by atoms with Gasteiger partial charge in [0.15, 0.2) is 0 Å². The molecule has 0 atom stereocenters. The Morgan fingerprint density at radius 1 is 1.35 bits per heavy atom. The van der Waals surface area contributed by atoms with Crippen LogP contribution < -0.4 is 10.1 Å². The average Bonchev–Trinajstić information content (AvgIpc) is 2.62. The van der Waals surface area contributed by atoms with Gasteiger partial charge in [-0.25, -0.2) is 0 Å². The fraction of sp³-hybridized carbons (Fsp3) is 0.429. The number of ether oxygens (including phenoxy) is 1. The van der Waals surface area contributed by atoms with E-state index < -0.39 is 0 Å². The molecule has 2 aromatic rings. The van der Waals surface area contributed by atoms with Crippen molar-refractivity contribution in [3.63, 3.8) is 0 Å². The number of rotatable bonds is 4. The van der Waals surface area contributed by atoms with Gasteiger partial charge in [0.05, 0.1) is 12.6 Å². The number of para-hydroxylation sites is 1. The van der Waals surface area contributed by atoms with Crippen LogP contribution in [0.15, 0.2) is 18.2 Å². The molecule has 3 heteroatoms. The number of aromatic amines is 1. The third kappa shape index (κ3) is 2.29. The number of nitrogens with one attached hydrogen (secondary N) is 2. The summed E-state index contributed by atoms with van der Waals surface area (Å²) in [5.74, 6) is 0.904. The van der Waals surface area contributed by atoms with E-state index in [1.807, 2.05) is 12.1 Å². The molecule has 0 aliphatic carbocycles. The third-order valence-corrected chi connectivity index (χ3v) is 3.02. The minimum absolute atomic E-state index is 0.491. The first-order chi connectivity index (χ1) is 8.13. The van der Waals surface area contributed by atoms with Gasteiger partial charge in [0.25, 0.3) is 0 Å². The van der Waals surface area contributed by atoms with E-state index in [4.69, 9.17) is 4.74 Å². The minimum atomic E-state index is 0.491. The van der Waals surface area contributed by atoms with Gasteiger partial charge in [0, 0.05) is 23.7 Å². The van der Waals surface area contributed by atoms with Gasteiger partial charge in [0.1, 0.15) is 5.75 Å². The molecular weight excluding hydrogens is 212 g/mol. The van der Waals surface area contributed by atoms with Crippen molar-refractivity contribution < 1.29 is 4.74 Å². The smallest absolute Gasteiger partial charge is 0.142 e. The van der Waals surface area contributed by atoms with Crippen LogP contribution in [0.25, 0.3) is 10.9 Å². The predicted octanol–water partition coefficient (Wildman–Crippen LogP) is 2.98. The molecule has 0 radical (unpaired) electrons. The van der Waals surface area contributed by atoms with Crippen LogP contribution in [0.1, 0.15) is 25.1 Å².